The van der Waals surface area contributed by atoms with Gasteiger partial charge in [0.25, 0.3) is 0 Å². The first-order valence-corrected chi connectivity index (χ1v) is 6.85. The summed E-state index contributed by atoms with van der Waals surface area (Å²) >= 11 is 0. The lowest BCUT2D eigenvalue weighted by atomic mass is 10.0. The summed E-state index contributed by atoms with van der Waals surface area (Å²) in [5, 5.41) is 2.84. The van der Waals surface area contributed by atoms with Gasteiger partial charge in [-0.3, -0.25) is 0 Å². The third-order valence-corrected chi connectivity index (χ3v) is 3.32. The summed E-state index contributed by atoms with van der Waals surface area (Å²) in [6.07, 6.45) is 0.791. The fourth-order valence-electron chi connectivity index (χ4n) is 1.70. The summed E-state index contributed by atoms with van der Waals surface area (Å²) in [7, 11) is 3.36. The van der Waals surface area contributed by atoms with Crippen molar-refractivity contribution in [3.05, 3.63) is 24.3 Å². The van der Waals surface area contributed by atoms with Crippen LogP contribution < -0.4 is 15.8 Å². The van der Waals surface area contributed by atoms with Gasteiger partial charge in [-0.05, 0) is 24.5 Å². The molecule has 3 N–H and O–H groups in total. The van der Waals surface area contributed by atoms with Gasteiger partial charge in [-0.2, -0.15) is 0 Å². The third-order valence-electron chi connectivity index (χ3n) is 3.32. The van der Waals surface area contributed by atoms with Gasteiger partial charge < -0.3 is 20.7 Å². The predicted molar refractivity (Wildman–Crippen MR) is 82.1 cm³/mol. The highest BCUT2D eigenvalue weighted by molar-refractivity contribution is 5.89. The molecule has 112 valence electrons. The SMILES string of the molecule is COc1cccc(NC(=O)N(C)CCC(N)C(C)C)c1. The fourth-order valence-corrected chi connectivity index (χ4v) is 1.70. The Bertz CT molecular complexity index is 435. The van der Waals surface area contributed by atoms with Crippen LogP contribution in [0.5, 0.6) is 5.75 Å². The second kappa shape index (κ2) is 7.75. The van der Waals surface area contributed by atoms with Crippen molar-refractivity contribution in [1.29, 1.82) is 0 Å². The molecule has 0 heterocycles. The number of urea groups is 1. The number of hydrogen-bond acceptors (Lipinski definition) is 3. The van der Waals surface area contributed by atoms with E-state index in [4.69, 9.17) is 10.5 Å². The van der Waals surface area contributed by atoms with E-state index in [0.717, 1.165) is 6.42 Å². The molecule has 5 heteroatoms. The number of amides is 2. The zero-order chi connectivity index (χ0) is 15.1. The van der Waals surface area contributed by atoms with E-state index >= 15 is 0 Å². The van der Waals surface area contributed by atoms with Gasteiger partial charge in [-0.25, -0.2) is 4.79 Å². The molecule has 0 bridgehead atoms. The fraction of sp³-hybridized carbons (Fsp3) is 0.533. The van der Waals surface area contributed by atoms with E-state index in [0.29, 0.717) is 23.9 Å². The first kappa shape index (κ1) is 16.3. The Labute approximate surface area is 121 Å². The van der Waals surface area contributed by atoms with Crippen molar-refractivity contribution in [3.63, 3.8) is 0 Å². The Kier molecular flexibility index (Phi) is 6.31. The van der Waals surface area contributed by atoms with E-state index in [1.165, 1.54) is 0 Å². The van der Waals surface area contributed by atoms with Crippen LogP contribution in [0.15, 0.2) is 24.3 Å². The molecule has 0 spiro atoms. The Morgan fingerprint density at radius 3 is 2.75 bits per heavy atom. The molecule has 1 rings (SSSR count). The number of carbonyl (C=O) groups is 1. The standard InChI is InChI=1S/C15H25N3O2/c1-11(2)14(16)8-9-18(3)15(19)17-12-6-5-7-13(10-12)20-4/h5-7,10-11,14H,8-9,16H2,1-4H3,(H,17,19). The molecule has 2 amide bonds. The average molecular weight is 279 g/mol. The summed E-state index contributed by atoms with van der Waals surface area (Å²) in [6, 6.07) is 7.25. The van der Waals surface area contributed by atoms with E-state index in [1.807, 2.05) is 18.2 Å². The first-order valence-electron chi connectivity index (χ1n) is 6.85. The Morgan fingerprint density at radius 2 is 2.15 bits per heavy atom. The summed E-state index contributed by atoms with van der Waals surface area (Å²) in [5.41, 5.74) is 6.70. The van der Waals surface area contributed by atoms with Gasteiger partial charge in [0.2, 0.25) is 0 Å². The van der Waals surface area contributed by atoms with Crippen LogP contribution in [0, 0.1) is 5.92 Å². The summed E-state index contributed by atoms with van der Waals surface area (Å²) in [4.78, 5) is 13.7. The molecule has 0 saturated carbocycles. The van der Waals surface area contributed by atoms with Gasteiger partial charge >= 0.3 is 6.03 Å². The first-order chi connectivity index (χ1) is 9.43. The van der Waals surface area contributed by atoms with E-state index in [9.17, 15) is 4.79 Å². The predicted octanol–water partition coefficient (Wildman–Crippen LogP) is 2.53. The van der Waals surface area contributed by atoms with Crippen molar-refractivity contribution in [3.8, 4) is 5.75 Å². The minimum absolute atomic E-state index is 0.113. The largest absolute Gasteiger partial charge is 0.497 e. The molecule has 1 atom stereocenters. The Morgan fingerprint density at radius 1 is 1.45 bits per heavy atom. The molecule has 1 aromatic rings. The van der Waals surface area contributed by atoms with Crippen molar-refractivity contribution in [2.24, 2.45) is 11.7 Å². The molecular formula is C15H25N3O2. The van der Waals surface area contributed by atoms with Gasteiger partial charge in [0.05, 0.1) is 7.11 Å². The van der Waals surface area contributed by atoms with E-state index in [2.05, 4.69) is 19.2 Å². The number of nitrogens with zero attached hydrogens (tertiary/aromatic N) is 1. The van der Waals surface area contributed by atoms with Crippen LogP contribution in [0.2, 0.25) is 0 Å². The molecule has 20 heavy (non-hydrogen) atoms. The van der Waals surface area contributed by atoms with E-state index in [1.54, 1.807) is 25.1 Å². The van der Waals surface area contributed by atoms with Crippen LogP contribution in [-0.2, 0) is 0 Å². The van der Waals surface area contributed by atoms with Crippen molar-refractivity contribution in [2.45, 2.75) is 26.3 Å². The van der Waals surface area contributed by atoms with Crippen LogP contribution >= 0.6 is 0 Å². The average Bonchev–Trinajstić information content (AvgIpc) is 2.44. The van der Waals surface area contributed by atoms with E-state index < -0.39 is 0 Å². The molecule has 0 fully saturated rings. The van der Waals surface area contributed by atoms with Crippen LogP contribution in [0.1, 0.15) is 20.3 Å². The van der Waals surface area contributed by atoms with Gasteiger partial charge in [-0.1, -0.05) is 19.9 Å². The molecular weight excluding hydrogens is 254 g/mol. The molecule has 0 aliphatic heterocycles. The van der Waals surface area contributed by atoms with E-state index in [-0.39, 0.29) is 12.1 Å². The topological polar surface area (TPSA) is 67.6 Å². The van der Waals surface area contributed by atoms with Crippen molar-refractivity contribution >= 4 is 11.7 Å². The second-order valence-corrected chi connectivity index (χ2v) is 5.28. The highest BCUT2D eigenvalue weighted by Gasteiger charge is 2.13. The molecule has 0 saturated heterocycles. The smallest absolute Gasteiger partial charge is 0.321 e. The minimum Gasteiger partial charge on any atom is -0.497 e. The van der Waals surface area contributed by atoms with Crippen LogP contribution in [0.4, 0.5) is 10.5 Å². The Hall–Kier alpha value is -1.75. The lowest BCUT2D eigenvalue weighted by Crippen LogP contribution is -2.36. The number of anilines is 1. The second-order valence-electron chi connectivity index (χ2n) is 5.28. The van der Waals surface area contributed by atoms with Gasteiger partial charge in [0.1, 0.15) is 5.75 Å². The van der Waals surface area contributed by atoms with Gasteiger partial charge in [0.15, 0.2) is 0 Å². The zero-order valence-corrected chi connectivity index (χ0v) is 12.7. The molecule has 0 aliphatic rings. The number of nitrogens with two attached hydrogens (primary N) is 1. The summed E-state index contributed by atoms with van der Waals surface area (Å²) < 4.78 is 5.12. The monoisotopic (exact) mass is 279 g/mol. The minimum atomic E-state index is -0.144. The van der Waals surface area contributed by atoms with Crippen LogP contribution in [-0.4, -0.2) is 37.7 Å². The van der Waals surface area contributed by atoms with Crippen molar-refractivity contribution in [1.82, 2.24) is 4.90 Å². The maximum atomic E-state index is 12.0. The lowest BCUT2D eigenvalue weighted by Gasteiger charge is -2.22. The lowest BCUT2D eigenvalue weighted by molar-refractivity contribution is 0.219. The summed E-state index contributed by atoms with van der Waals surface area (Å²) in [5.74, 6) is 1.14. The molecule has 1 aromatic carbocycles. The number of nitrogens with one attached hydrogen (secondary N) is 1. The molecule has 5 nitrogen and oxygen atoms in total. The van der Waals surface area contributed by atoms with Gasteiger partial charge in [0, 0.05) is 31.4 Å². The number of methoxy groups -OCH3 is 1. The highest BCUT2D eigenvalue weighted by atomic mass is 16.5. The highest BCUT2D eigenvalue weighted by Crippen LogP contribution is 2.17. The molecule has 0 radical (unpaired) electrons. The third kappa shape index (κ3) is 5.09. The number of hydrogen-bond donors (Lipinski definition) is 2. The van der Waals surface area contributed by atoms with Crippen LogP contribution in [0.3, 0.4) is 0 Å². The maximum Gasteiger partial charge on any atom is 0.321 e. The number of rotatable bonds is 6. The molecule has 0 aromatic heterocycles. The number of benzene rings is 1. The van der Waals surface area contributed by atoms with Crippen molar-refractivity contribution < 1.29 is 9.53 Å². The van der Waals surface area contributed by atoms with Gasteiger partial charge in [-0.15, -0.1) is 0 Å². The number of ether oxygens (including phenoxy) is 1. The molecule has 0 aliphatic carbocycles. The summed E-state index contributed by atoms with van der Waals surface area (Å²) in [6.45, 7) is 4.80. The normalized spacial score (nSPS) is 12.1. The van der Waals surface area contributed by atoms with Crippen LogP contribution in [0.25, 0.3) is 0 Å². The quantitative estimate of drug-likeness (QED) is 0.841. The number of carbonyl (C=O) groups excluding carboxylic acids is 1. The van der Waals surface area contributed by atoms with Crippen molar-refractivity contribution in [2.75, 3.05) is 26.0 Å². The molecule has 1 unspecified atom stereocenters. The Balaban J connectivity index is 2.48. The maximum absolute atomic E-state index is 12.0. The zero-order valence-electron chi connectivity index (χ0n) is 12.7.